The maximum atomic E-state index is 12.1. The van der Waals surface area contributed by atoms with E-state index in [1.54, 1.807) is 0 Å². The molecule has 1 amide bonds. The SMILES string of the molecule is CSC1CCC(NC(=O)c2ccc(C#CCN)s2)C1. The molecule has 0 aromatic carbocycles. The highest BCUT2D eigenvalue weighted by Crippen LogP contribution is 2.28. The molecule has 2 rings (SSSR count). The van der Waals surface area contributed by atoms with Crippen molar-refractivity contribution in [3.05, 3.63) is 21.9 Å². The number of hydrogen-bond donors (Lipinski definition) is 2. The summed E-state index contributed by atoms with van der Waals surface area (Å²) in [6, 6.07) is 4.04. The molecule has 1 aliphatic carbocycles. The summed E-state index contributed by atoms with van der Waals surface area (Å²) in [5.41, 5.74) is 5.33. The van der Waals surface area contributed by atoms with Crippen LogP contribution >= 0.6 is 23.1 Å². The quantitative estimate of drug-likeness (QED) is 0.839. The molecular formula is C14H18N2OS2. The highest BCUT2D eigenvalue weighted by Gasteiger charge is 2.25. The number of rotatable bonds is 3. The molecule has 19 heavy (non-hydrogen) atoms. The minimum atomic E-state index is 0.0255. The van der Waals surface area contributed by atoms with Crippen LogP contribution in [0.2, 0.25) is 0 Å². The summed E-state index contributed by atoms with van der Waals surface area (Å²) in [7, 11) is 0. The van der Waals surface area contributed by atoms with Crippen LogP contribution in [0.15, 0.2) is 12.1 Å². The number of nitrogens with two attached hydrogens (primary N) is 1. The van der Waals surface area contributed by atoms with E-state index < -0.39 is 0 Å². The molecule has 0 saturated heterocycles. The van der Waals surface area contributed by atoms with Crippen LogP contribution in [0.3, 0.4) is 0 Å². The number of thioether (sulfide) groups is 1. The molecule has 102 valence electrons. The van der Waals surface area contributed by atoms with Crippen molar-refractivity contribution < 1.29 is 4.79 Å². The number of amides is 1. The third-order valence-corrected chi connectivity index (χ3v) is 5.29. The summed E-state index contributed by atoms with van der Waals surface area (Å²) >= 11 is 3.32. The van der Waals surface area contributed by atoms with E-state index in [1.807, 2.05) is 23.9 Å². The third-order valence-electron chi connectivity index (χ3n) is 3.20. The Morgan fingerprint density at radius 2 is 2.42 bits per heavy atom. The van der Waals surface area contributed by atoms with Crippen LogP contribution in [0.4, 0.5) is 0 Å². The molecule has 0 aliphatic heterocycles. The Hall–Kier alpha value is -0.960. The number of hydrogen-bond acceptors (Lipinski definition) is 4. The minimum Gasteiger partial charge on any atom is -0.349 e. The molecule has 1 aromatic rings. The van der Waals surface area contributed by atoms with Gasteiger partial charge in [0.2, 0.25) is 0 Å². The highest BCUT2D eigenvalue weighted by molar-refractivity contribution is 7.99. The van der Waals surface area contributed by atoms with E-state index in [-0.39, 0.29) is 5.91 Å². The molecule has 1 saturated carbocycles. The van der Waals surface area contributed by atoms with Gasteiger partial charge in [0.1, 0.15) is 0 Å². The van der Waals surface area contributed by atoms with Crippen LogP contribution in [0.5, 0.6) is 0 Å². The first-order valence-electron chi connectivity index (χ1n) is 6.35. The van der Waals surface area contributed by atoms with E-state index in [0.29, 0.717) is 17.8 Å². The van der Waals surface area contributed by atoms with Crippen LogP contribution in [-0.4, -0.2) is 30.0 Å². The van der Waals surface area contributed by atoms with Gasteiger partial charge < -0.3 is 11.1 Å². The Balaban J connectivity index is 1.91. The predicted molar refractivity (Wildman–Crippen MR) is 82.7 cm³/mol. The smallest absolute Gasteiger partial charge is 0.261 e. The molecule has 1 heterocycles. The zero-order valence-corrected chi connectivity index (χ0v) is 12.6. The van der Waals surface area contributed by atoms with Crippen LogP contribution in [-0.2, 0) is 0 Å². The third kappa shape index (κ3) is 4.00. The summed E-state index contributed by atoms with van der Waals surface area (Å²) in [5.74, 6) is 5.77. The zero-order valence-electron chi connectivity index (χ0n) is 10.9. The van der Waals surface area contributed by atoms with Gasteiger partial charge >= 0.3 is 0 Å². The van der Waals surface area contributed by atoms with Crippen LogP contribution in [0.25, 0.3) is 0 Å². The summed E-state index contributed by atoms with van der Waals surface area (Å²) in [4.78, 5) is 13.7. The Kier molecular flexibility index (Phi) is 5.32. The van der Waals surface area contributed by atoms with Crippen molar-refractivity contribution in [2.75, 3.05) is 12.8 Å². The number of carbonyl (C=O) groups excluding carboxylic acids is 1. The van der Waals surface area contributed by atoms with E-state index in [0.717, 1.165) is 22.6 Å². The van der Waals surface area contributed by atoms with Crippen molar-refractivity contribution in [2.24, 2.45) is 5.73 Å². The molecule has 1 aliphatic rings. The van der Waals surface area contributed by atoms with E-state index in [4.69, 9.17) is 5.73 Å². The lowest BCUT2D eigenvalue weighted by atomic mass is 10.2. The maximum Gasteiger partial charge on any atom is 0.261 e. The molecular weight excluding hydrogens is 276 g/mol. The summed E-state index contributed by atoms with van der Waals surface area (Å²) in [6.45, 7) is 0.345. The first kappa shape index (κ1) is 14.4. The van der Waals surface area contributed by atoms with Crippen molar-refractivity contribution in [1.82, 2.24) is 5.32 Å². The van der Waals surface area contributed by atoms with Crippen molar-refractivity contribution in [2.45, 2.75) is 30.6 Å². The fourth-order valence-electron chi connectivity index (χ4n) is 2.21. The Morgan fingerprint density at radius 3 is 3.11 bits per heavy atom. The van der Waals surface area contributed by atoms with Gasteiger partial charge in [0.05, 0.1) is 16.3 Å². The molecule has 3 nitrogen and oxygen atoms in total. The molecule has 5 heteroatoms. The normalized spacial score (nSPS) is 21.8. The second kappa shape index (κ2) is 6.99. The first-order chi connectivity index (χ1) is 9.22. The van der Waals surface area contributed by atoms with Gasteiger partial charge in [-0.15, -0.1) is 11.3 Å². The molecule has 1 aromatic heterocycles. The minimum absolute atomic E-state index is 0.0255. The van der Waals surface area contributed by atoms with Crippen LogP contribution in [0, 0.1) is 11.8 Å². The van der Waals surface area contributed by atoms with E-state index in [9.17, 15) is 4.79 Å². The van der Waals surface area contributed by atoms with Crippen LogP contribution < -0.4 is 11.1 Å². The second-order valence-corrected chi connectivity index (χ2v) is 6.73. The molecule has 3 N–H and O–H groups in total. The molecule has 0 spiro atoms. The van der Waals surface area contributed by atoms with Crippen molar-refractivity contribution >= 4 is 29.0 Å². The zero-order chi connectivity index (χ0) is 13.7. The highest BCUT2D eigenvalue weighted by atomic mass is 32.2. The number of nitrogens with one attached hydrogen (secondary N) is 1. The average Bonchev–Trinajstić information content (AvgIpc) is 3.04. The second-order valence-electron chi connectivity index (χ2n) is 4.51. The molecule has 2 unspecified atom stereocenters. The Morgan fingerprint density at radius 1 is 1.58 bits per heavy atom. The lowest BCUT2D eigenvalue weighted by Crippen LogP contribution is -2.32. The van der Waals surface area contributed by atoms with Gasteiger partial charge in [0.15, 0.2) is 0 Å². The summed E-state index contributed by atoms with van der Waals surface area (Å²) in [6.07, 6.45) is 5.50. The fraction of sp³-hybridized carbons (Fsp3) is 0.500. The van der Waals surface area contributed by atoms with Gasteiger partial charge in [-0.2, -0.15) is 11.8 Å². The van der Waals surface area contributed by atoms with Crippen molar-refractivity contribution in [3.63, 3.8) is 0 Å². The van der Waals surface area contributed by atoms with Gasteiger partial charge in [0, 0.05) is 11.3 Å². The standard InChI is InChI=1S/C14H18N2OS2/c1-18-12-5-4-10(9-12)16-14(17)13-7-6-11(19-13)3-2-8-15/h6-7,10,12H,4-5,8-9,15H2,1H3,(H,16,17). The monoisotopic (exact) mass is 294 g/mol. The molecule has 0 radical (unpaired) electrons. The van der Waals surface area contributed by atoms with E-state index in [2.05, 4.69) is 23.4 Å². The summed E-state index contributed by atoms with van der Waals surface area (Å²) in [5, 5.41) is 3.81. The van der Waals surface area contributed by atoms with Crippen LogP contribution in [0.1, 0.15) is 33.8 Å². The Labute approximate surface area is 122 Å². The van der Waals surface area contributed by atoms with E-state index in [1.165, 1.54) is 17.8 Å². The molecule has 1 fully saturated rings. The lowest BCUT2D eigenvalue weighted by Gasteiger charge is -2.11. The van der Waals surface area contributed by atoms with Gasteiger partial charge in [-0.1, -0.05) is 11.8 Å². The largest absolute Gasteiger partial charge is 0.349 e. The molecule has 0 bridgehead atoms. The number of thiophene rings is 1. The Bertz CT molecular complexity index is 501. The summed E-state index contributed by atoms with van der Waals surface area (Å²) < 4.78 is 0. The van der Waals surface area contributed by atoms with Crippen molar-refractivity contribution in [1.29, 1.82) is 0 Å². The fourth-order valence-corrected chi connectivity index (χ4v) is 3.79. The average molecular weight is 294 g/mol. The molecule has 2 atom stereocenters. The van der Waals surface area contributed by atoms with Gasteiger partial charge in [-0.25, -0.2) is 0 Å². The predicted octanol–water partition coefficient (Wildman–Crippen LogP) is 2.07. The number of carbonyl (C=O) groups is 1. The van der Waals surface area contributed by atoms with Gasteiger partial charge in [0.25, 0.3) is 5.91 Å². The van der Waals surface area contributed by atoms with E-state index >= 15 is 0 Å². The topological polar surface area (TPSA) is 55.1 Å². The lowest BCUT2D eigenvalue weighted by molar-refractivity contribution is 0.0942. The first-order valence-corrected chi connectivity index (χ1v) is 8.45. The van der Waals surface area contributed by atoms with Gasteiger partial charge in [-0.05, 0) is 37.7 Å². The van der Waals surface area contributed by atoms with Crippen molar-refractivity contribution in [3.8, 4) is 11.8 Å². The maximum absolute atomic E-state index is 12.1. The van der Waals surface area contributed by atoms with Gasteiger partial charge in [-0.3, -0.25) is 4.79 Å².